The van der Waals surface area contributed by atoms with Crippen molar-refractivity contribution >= 4 is 76.8 Å². The van der Waals surface area contributed by atoms with Crippen LogP contribution in [0.3, 0.4) is 0 Å². The lowest BCUT2D eigenvalue weighted by Gasteiger charge is -2.14. The molecule has 0 bridgehead atoms. The molecule has 0 radical (unpaired) electrons. The fourth-order valence-electron chi connectivity index (χ4n) is 6.42. The minimum absolute atomic E-state index is 1.01. The summed E-state index contributed by atoms with van der Waals surface area (Å²) in [5.74, 6) is 0. The molecule has 0 aliphatic heterocycles. The van der Waals surface area contributed by atoms with Crippen molar-refractivity contribution in [2.24, 2.45) is 0 Å². The van der Waals surface area contributed by atoms with E-state index < -0.39 is 0 Å². The second-order valence-electron chi connectivity index (χ2n) is 10.7. The molecule has 6 aromatic carbocycles. The van der Waals surface area contributed by atoms with Crippen LogP contribution in [0.2, 0.25) is 0 Å². The Morgan fingerprint density at radius 2 is 1.36 bits per heavy atom. The Balaban J connectivity index is 1.42. The Morgan fingerprint density at radius 3 is 2.19 bits per heavy atom. The van der Waals surface area contributed by atoms with Gasteiger partial charge in [0.15, 0.2) is 0 Å². The first-order chi connectivity index (χ1) is 20.7. The summed E-state index contributed by atoms with van der Waals surface area (Å²) in [4.78, 5) is 6.48. The normalized spacial score (nSPS) is 11.9. The second-order valence-corrected chi connectivity index (χ2v) is 11.8. The van der Waals surface area contributed by atoms with Gasteiger partial charge in [-0.3, -0.25) is 0 Å². The maximum absolute atomic E-state index is 5.28. The fraction of sp³-hybridized carbons (Fsp3) is 0.0250. The van der Waals surface area contributed by atoms with Gasteiger partial charge in [-0.05, 0) is 80.9 Å². The molecule has 0 spiro atoms. The molecule has 0 aliphatic carbocycles. The highest BCUT2D eigenvalue weighted by Crippen LogP contribution is 2.42. The van der Waals surface area contributed by atoms with Crippen molar-refractivity contribution < 1.29 is 0 Å². The molecule has 8 rings (SSSR count). The minimum Gasteiger partial charge on any atom is -0.247 e. The second kappa shape index (κ2) is 9.80. The van der Waals surface area contributed by atoms with Gasteiger partial charge in [0.05, 0.1) is 11.2 Å². The van der Waals surface area contributed by atoms with Crippen molar-refractivity contribution in [1.29, 1.82) is 0 Å². The number of para-hydroxylation sites is 1. The topological polar surface area (TPSA) is 12.9 Å². The van der Waals surface area contributed by atoms with Crippen LogP contribution in [0.5, 0.6) is 0 Å². The van der Waals surface area contributed by atoms with Crippen LogP contribution < -0.4 is 0 Å². The van der Waals surface area contributed by atoms with E-state index in [1.54, 1.807) is 11.3 Å². The summed E-state index contributed by atoms with van der Waals surface area (Å²) in [6.45, 7) is 6.17. The SMILES string of the molecule is C=Cc1sc2cc3c(-c4cccc(-c5cc6ccccc6c6ccccc56)c4)nc4ccccc4c3cc2c1/C=C\C. The first-order valence-corrected chi connectivity index (χ1v) is 15.1. The van der Waals surface area contributed by atoms with Gasteiger partial charge in [0.25, 0.3) is 0 Å². The van der Waals surface area contributed by atoms with E-state index in [0.717, 1.165) is 16.8 Å². The van der Waals surface area contributed by atoms with Crippen molar-refractivity contribution in [2.45, 2.75) is 6.92 Å². The standard InChI is InChI=1S/C40H27NS/c1-3-12-32-35-23-34-31-19-9-10-20-37(31)41-40(36(34)24-39(35)42-38(32)4-2)27-15-11-14-25(21-27)33-22-26-13-5-6-16-28(26)29-17-7-8-18-30(29)33/h3-24H,2H2,1H3/b12-3-. The molecule has 42 heavy (non-hydrogen) atoms. The summed E-state index contributed by atoms with van der Waals surface area (Å²) in [5, 5.41) is 9.91. The summed E-state index contributed by atoms with van der Waals surface area (Å²) in [6.07, 6.45) is 6.28. The number of hydrogen-bond donors (Lipinski definition) is 0. The minimum atomic E-state index is 1.01. The Kier molecular flexibility index (Phi) is 5.77. The average Bonchev–Trinajstić information content (AvgIpc) is 3.39. The smallest absolute Gasteiger partial charge is 0.0788 e. The molecule has 198 valence electrons. The lowest BCUT2D eigenvalue weighted by molar-refractivity contribution is 1.43. The third-order valence-corrected chi connectivity index (χ3v) is 9.47. The number of aromatic nitrogens is 1. The number of benzene rings is 6. The molecule has 0 aliphatic rings. The Hall–Kier alpha value is -5.05. The molecule has 0 amide bonds. The van der Waals surface area contributed by atoms with E-state index in [2.05, 4.69) is 141 Å². The van der Waals surface area contributed by atoms with Gasteiger partial charge >= 0.3 is 0 Å². The fourth-order valence-corrected chi connectivity index (χ4v) is 7.48. The predicted molar refractivity (Wildman–Crippen MR) is 185 cm³/mol. The molecule has 0 unspecified atom stereocenters. The van der Waals surface area contributed by atoms with Crippen molar-refractivity contribution in [2.75, 3.05) is 0 Å². The van der Waals surface area contributed by atoms with Crippen LogP contribution in [0.4, 0.5) is 0 Å². The van der Waals surface area contributed by atoms with E-state index in [1.165, 1.54) is 69.4 Å². The number of pyridine rings is 1. The molecular weight excluding hydrogens is 527 g/mol. The number of allylic oxidation sites excluding steroid dienone is 1. The molecule has 0 saturated carbocycles. The molecule has 2 heteroatoms. The van der Waals surface area contributed by atoms with Crippen molar-refractivity contribution in [3.63, 3.8) is 0 Å². The Morgan fingerprint density at radius 1 is 0.619 bits per heavy atom. The summed E-state index contributed by atoms with van der Waals surface area (Å²) < 4.78 is 1.25. The van der Waals surface area contributed by atoms with Gasteiger partial charge in [0, 0.05) is 31.3 Å². The summed E-state index contributed by atoms with van der Waals surface area (Å²) in [5.41, 5.74) is 6.81. The van der Waals surface area contributed by atoms with Gasteiger partial charge in [-0.2, -0.15) is 0 Å². The predicted octanol–water partition coefficient (Wildman–Crippen LogP) is 11.9. The number of nitrogens with zero attached hydrogens (tertiary/aromatic N) is 1. The zero-order valence-electron chi connectivity index (χ0n) is 23.3. The monoisotopic (exact) mass is 553 g/mol. The van der Waals surface area contributed by atoms with Crippen molar-refractivity contribution in [1.82, 2.24) is 4.98 Å². The summed E-state index contributed by atoms with van der Waals surface area (Å²) in [7, 11) is 0. The number of rotatable bonds is 4. The number of thiophene rings is 1. The summed E-state index contributed by atoms with van der Waals surface area (Å²) in [6, 6.07) is 41.8. The van der Waals surface area contributed by atoms with Gasteiger partial charge in [-0.25, -0.2) is 4.98 Å². The van der Waals surface area contributed by atoms with Crippen molar-refractivity contribution in [3.05, 3.63) is 138 Å². The third-order valence-electron chi connectivity index (χ3n) is 8.31. The highest BCUT2D eigenvalue weighted by Gasteiger charge is 2.16. The Bertz CT molecular complexity index is 2390. The van der Waals surface area contributed by atoms with Crippen molar-refractivity contribution in [3.8, 4) is 22.4 Å². The lowest BCUT2D eigenvalue weighted by atomic mass is 9.91. The molecule has 1 nitrogen and oxygen atoms in total. The maximum Gasteiger partial charge on any atom is 0.0788 e. The highest BCUT2D eigenvalue weighted by molar-refractivity contribution is 7.20. The van der Waals surface area contributed by atoms with E-state index in [1.807, 2.05) is 6.08 Å². The molecular formula is C40H27NS. The molecule has 0 fully saturated rings. The van der Waals surface area contributed by atoms with E-state index in [4.69, 9.17) is 4.98 Å². The van der Waals surface area contributed by atoms with Crippen LogP contribution in [-0.4, -0.2) is 4.98 Å². The molecule has 2 aromatic heterocycles. The van der Waals surface area contributed by atoms with Crippen LogP contribution >= 0.6 is 11.3 Å². The molecule has 0 N–H and O–H groups in total. The third kappa shape index (κ3) is 3.80. The van der Waals surface area contributed by atoms with E-state index in [9.17, 15) is 0 Å². The van der Waals surface area contributed by atoms with E-state index in [0.29, 0.717) is 0 Å². The number of fused-ring (bicyclic) bond motifs is 7. The maximum atomic E-state index is 5.28. The zero-order chi connectivity index (χ0) is 28.2. The van der Waals surface area contributed by atoms with Gasteiger partial charge < -0.3 is 0 Å². The van der Waals surface area contributed by atoms with E-state index in [-0.39, 0.29) is 0 Å². The molecule has 0 saturated heterocycles. The van der Waals surface area contributed by atoms with Crippen LogP contribution in [0, 0.1) is 0 Å². The van der Waals surface area contributed by atoms with Gasteiger partial charge in [-0.15, -0.1) is 11.3 Å². The van der Waals surface area contributed by atoms with Gasteiger partial charge in [-0.1, -0.05) is 110 Å². The van der Waals surface area contributed by atoms with Crippen LogP contribution in [0.25, 0.3) is 87.8 Å². The average molecular weight is 554 g/mol. The Labute approximate surface area is 248 Å². The molecule has 2 heterocycles. The first kappa shape index (κ1) is 24.7. The van der Waals surface area contributed by atoms with Crippen LogP contribution in [0.15, 0.2) is 128 Å². The van der Waals surface area contributed by atoms with Crippen LogP contribution in [-0.2, 0) is 0 Å². The van der Waals surface area contributed by atoms with Gasteiger partial charge in [0.1, 0.15) is 0 Å². The lowest BCUT2D eigenvalue weighted by Crippen LogP contribution is -1.91. The zero-order valence-corrected chi connectivity index (χ0v) is 24.1. The van der Waals surface area contributed by atoms with E-state index >= 15 is 0 Å². The molecule has 8 aromatic rings. The van der Waals surface area contributed by atoms with Crippen LogP contribution in [0.1, 0.15) is 17.4 Å². The largest absolute Gasteiger partial charge is 0.247 e. The first-order valence-electron chi connectivity index (χ1n) is 14.3. The number of hydrogen-bond acceptors (Lipinski definition) is 2. The van der Waals surface area contributed by atoms with Gasteiger partial charge in [0.2, 0.25) is 0 Å². The molecule has 0 atom stereocenters. The quantitative estimate of drug-likeness (QED) is 0.198. The highest BCUT2D eigenvalue weighted by atomic mass is 32.1. The summed E-state index contributed by atoms with van der Waals surface area (Å²) >= 11 is 1.79.